The summed E-state index contributed by atoms with van der Waals surface area (Å²) in [6.07, 6.45) is 4.08. The van der Waals surface area contributed by atoms with Crippen molar-refractivity contribution in [1.82, 2.24) is 0 Å². The molecule has 10 heavy (non-hydrogen) atoms. The van der Waals surface area contributed by atoms with Crippen LogP contribution in [0.1, 0.15) is 40.0 Å². The number of nitrogens with two attached hydrogens (primary N) is 1. The standard InChI is InChI=1S/C9H19N/c1-9(2,3)8(10)6-7-4-5-7/h7-8H,4-6,10H2,1-3H3/t8-/m1/s1. The van der Waals surface area contributed by atoms with Crippen molar-refractivity contribution < 1.29 is 0 Å². The Morgan fingerprint density at radius 1 is 1.40 bits per heavy atom. The van der Waals surface area contributed by atoms with Gasteiger partial charge < -0.3 is 5.73 Å². The van der Waals surface area contributed by atoms with E-state index in [0.29, 0.717) is 11.5 Å². The molecule has 2 N–H and O–H groups in total. The Balaban J connectivity index is 2.25. The summed E-state index contributed by atoms with van der Waals surface area (Å²) in [5.74, 6) is 0.967. The van der Waals surface area contributed by atoms with Crippen LogP contribution in [0.25, 0.3) is 0 Å². The second kappa shape index (κ2) is 2.54. The maximum Gasteiger partial charge on any atom is 0.00902 e. The predicted octanol–water partition coefficient (Wildman–Crippen LogP) is 2.16. The minimum absolute atomic E-state index is 0.308. The molecule has 0 spiro atoms. The Bertz CT molecular complexity index is 108. The average Bonchev–Trinajstić information content (AvgIpc) is 2.47. The molecule has 1 aliphatic carbocycles. The smallest absolute Gasteiger partial charge is 0.00902 e. The average molecular weight is 141 g/mol. The fraction of sp³-hybridized carbons (Fsp3) is 1.00. The Kier molecular flexibility index (Phi) is 2.04. The van der Waals surface area contributed by atoms with Crippen molar-refractivity contribution in [3.05, 3.63) is 0 Å². The molecule has 1 saturated carbocycles. The van der Waals surface area contributed by atoms with Gasteiger partial charge in [-0.1, -0.05) is 33.6 Å². The van der Waals surface area contributed by atoms with E-state index in [0.717, 1.165) is 5.92 Å². The van der Waals surface area contributed by atoms with Gasteiger partial charge in [0.15, 0.2) is 0 Å². The highest BCUT2D eigenvalue weighted by atomic mass is 14.7. The highest BCUT2D eigenvalue weighted by Crippen LogP contribution is 2.36. The molecule has 1 heteroatoms. The lowest BCUT2D eigenvalue weighted by Crippen LogP contribution is -2.35. The van der Waals surface area contributed by atoms with Gasteiger partial charge in [0.2, 0.25) is 0 Å². The third kappa shape index (κ3) is 2.30. The lowest BCUT2D eigenvalue weighted by molar-refractivity contribution is 0.296. The van der Waals surface area contributed by atoms with E-state index >= 15 is 0 Å². The van der Waals surface area contributed by atoms with Gasteiger partial charge in [-0.2, -0.15) is 0 Å². The van der Waals surface area contributed by atoms with E-state index < -0.39 is 0 Å². The van der Waals surface area contributed by atoms with Crippen molar-refractivity contribution in [2.45, 2.75) is 46.1 Å². The van der Waals surface area contributed by atoms with Gasteiger partial charge in [-0.05, 0) is 17.8 Å². The normalized spacial score (nSPS) is 22.8. The molecule has 1 nitrogen and oxygen atoms in total. The largest absolute Gasteiger partial charge is 0.327 e. The molecule has 1 aliphatic rings. The highest BCUT2D eigenvalue weighted by Gasteiger charge is 2.29. The molecule has 1 atom stereocenters. The van der Waals surface area contributed by atoms with Gasteiger partial charge in [0, 0.05) is 6.04 Å². The van der Waals surface area contributed by atoms with Crippen LogP contribution in [0.15, 0.2) is 0 Å². The van der Waals surface area contributed by atoms with Crippen molar-refractivity contribution in [1.29, 1.82) is 0 Å². The summed E-state index contributed by atoms with van der Waals surface area (Å²) in [5, 5.41) is 0. The van der Waals surface area contributed by atoms with Crippen LogP contribution in [-0.4, -0.2) is 6.04 Å². The predicted molar refractivity (Wildman–Crippen MR) is 44.8 cm³/mol. The maximum absolute atomic E-state index is 5.99. The van der Waals surface area contributed by atoms with Gasteiger partial charge in [-0.3, -0.25) is 0 Å². The molecule has 60 valence electrons. The Morgan fingerprint density at radius 2 is 1.90 bits per heavy atom. The first-order valence-electron chi connectivity index (χ1n) is 4.26. The van der Waals surface area contributed by atoms with Crippen LogP contribution in [0, 0.1) is 11.3 Å². The van der Waals surface area contributed by atoms with Gasteiger partial charge >= 0.3 is 0 Å². The minimum atomic E-state index is 0.308. The molecule has 0 radical (unpaired) electrons. The van der Waals surface area contributed by atoms with Crippen LogP contribution in [0.5, 0.6) is 0 Å². The fourth-order valence-corrected chi connectivity index (χ4v) is 1.07. The second-order valence-electron chi connectivity index (χ2n) is 4.65. The van der Waals surface area contributed by atoms with Crippen molar-refractivity contribution in [3.63, 3.8) is 0 Å². The van der Waals surface area contributed by atoms with Gasteiger partial charge in [-0.15, -0.1) is 0 Å². The van der Waals surface area contributed by atoms with E-state index in [1.807, 2.05) is 0 Å². The summed E-state index contributed by atoms with van der Waals surface area (Å²) in [6, 6.07) is 0.403. The summed E-state index contributed by atoms with van der Waals surface area (Å²) in [6.45, 7) is 6.67. The SMILES string of the molecule is CC(C)(C)[C@H](N)CC1CC1. The first-order chi connectivity index (χ1) is 4.50. The Hall–Kier alpha value is -0.0400. The molecule has 0 bridgehead atoms. The van der Waals surface area contributed by atoms with Crippen molar-refractivity contribution >= 4 is 0 Å². The molecule has 0 aromatic carbocycles. The molecule has 0 heterocycles. The first kappa shape index (κ1) is 8.06. The molecule has 0 saturated heterocycles. The zero-order valence-corrected chi connectivity index (χ0v) is 7.35. The van der Waals surface area contributed by atoms with Gasteiger partial charge in [0.05, 0.1) is 0 Å². The third-order valence-electron chi connectivity index (χ3n) is 2.40. The zero-order chi connectivity index (χ0) is 7.78. The lowest BCUT2D eigenvalue weighted by atomic mass is 9.84. The summed E-state index contributed by atoms with van der Waals surface area (Å²) in [7, 11) is 0. The molecule has 1 fully saturated rings. The van der Waals surface area contributed by atoms with Crippen LogP contribution >= 0.6 is 0 Å². The molecule has 0 aromatic heterocycles. The quantitative estimate of drug-likeness (QED) is 0.626. The summed E-state index contributed by atoms with van der Waals surface area (Å²) >= 11 is 0. The third-order valence-corrected chi connectivity index (χ3v) is 2.40. The van der Waals surface area contributed by atoms with E-state index in [4.69, 9.17) is 5.73 Å². The Labute approximate surface area is 64.0 Å². The molecule has 0 aromatic rings. The van der Waals surface area contributed by atoms with Crippen LogP contribution in [0.2, 0.25) is 0 Å². The molecular weight excluding hydrogens is 122 g/mol. The highest BCUT2D eigenvalue weighted by molar-refractivity contribution is 4.84. The van der Waals surface area contributed by atoms with Crippen molar-refractivity contribution in [3.8, 4) is 0 Å². The van der Waals surface area contributed by atoms with Gasteiger partial charge in [-0.25, -0.2) is 0 Å². The first-order valence-corrected chi connectivity index (χ1v) is 4.26. The van der Waals surface area contributed by atoms with Crippen LogP contribution in [0.3, 0.4) is 0 Å². The number of rotatable bonds is 2. The number of hydrogen-bond donors (Lipinski definition) is 1. The van der Waals surface area contributed by atoms with Crippen molar-refractivity contribution in [2.24, 2.45) is 17.1 Å². The minimum Gasteiger partial charge on any atom is -0.327 e. The van der Waals surface area contributed by atoms with E-state index in [1.54, 1.807) is 0 Å². The van der Waals surface area contributed by atoms with E-state index in [9.17, 15) is 0 Å². The lowest BCUT2D eigenvalue weighted by Gasteiger charge is -2.26. The summed E-state index contributed by atoms with van der Waals surface area (Å²) < 4.78 is 0. The number of hydrogen-bond acceptors (Lipinski definition) is 1. The zero-order valence-electron chi connectivity index (χ0n) is 7.35. The van der Waals surface area contributed by atoms with E-state index in [-0.39, 0.29) is 0 Å². The van der Waals surface area contributed by atoms with Crippen LogP contribution < -0.4 is 5.73 Å². The van der Waals surface area contributed by atoms with E-state index in [1.165, 1.54) is 19.3 Å². The van der Waals surface area contributed by atoms with Gasteiger partial charge in [0.1, 0.15) is 0 Å². The van der Waals surface area contributed by atoms with Crippen LogP contribution in [-0.2, 0) is 0 Å². The topological polar surface area (TPSA) is 26.0 Å². The van der Waals surface area contributed by atoms with Gasteiger partial charge in [0.25, 0.3) is 0 Å². The molecule has 0 unspecified atom stereocenters. The fourth-order valence-electron chi connectivity index (χ4n) is 1.07. The Morgan fingerprint density at radius 3 is 2.20 bits per heavy atom. The second-order valence-corrected chi connectivity index (χ2v) is 4.65. The van der Waals surface area contributed by atoms with Crippen LogP contribution in [0.4, 0.5) is 0 Å². The maximum atomic E-state index is 5.99. The van der Waals surface area contributed by atoms with Crippen molar-refractivity contribution in [2.75, 3.05) is 0 Å². The molecule has 0 amide bonds. The summed E-state index contributed by atoms with van der Waals surface area (Å²) in [5.41, 5.74) is 6.30. The summed E-state index contributed by atoms with van der Waals surface area (Å²) in [4.78, 5) is 0. The van der Waals surface area contributed by atoms with E-state index in [2.05, 4.69) is 20.8 Å². The molecule has 0 aliphatic heterocycles. The molecular formula is C9H19N. The monoisotopic (exact) mass is 141 g/mol. The molecule has 1 rings (SSSR count).